The van der Waals surface area contributed by atoms with Crippen LogP contribution >= 0.6 is 0 Å². The first-order chi connectivity index (χ1) is 19.4. The summed E-state index contributed by atoms with van der Waals surface area (Å²) in [5.74, 6) is 3.15. The maximum atomic E-state index is 14.6. The zero-order chi connectivity index (χ0) is 28.9. The molecule has 7 rings (SSSR count). The molecule has 1 unspecified atom stereocenters. The third-order valence-electron chi connectivity index (χ3n) is 9.94. The van der Waals surface area contributed by atoms with Crippen molar-refractivity contribution in [2.75, 3.05) is 0 Å². The van der Waals surface area contributed by atoms with Crippen molar-refractivity contribution < 1.29 is 17.4 Å². The Bertz CT molecular complexity index is 1810. The molecule has 3 aliphatic carbocycles. The van der Waals surface area contributed by atoms with E-state index in [-0.39, 0.29) is 27.8 Å². The predicted molar refractivity (Wildman–Crippen MR) is 153 cm³/mol. The Kier molecular flexibility index (Phi) is 5.47. The quantitative estimate of drug-likeness (QED) is 0.253. The molecular formula is C31H31F2N5O2S. The monoisotopic (exact) mass is 575 g/mol. The minimum absolute atomic E-state index is 0.105. The van der Waals surface area contributed by atoms with Gasteiger partial charge < -0.3 is 4.42 Å². The molecule has 7 nitrogen and oxygen atoms in total. The van der Waals surface area contributed by atoms with Gasteiger partial charge in [0.2, 0.25) is 5.89 Å². The molecule has 4 aromatic rings. The molecule has 3 aliphatic rings. The average molecular weight is 576 g/mol. The fourth-order valence-corrected chi connectivity index (χ4v) is 9.32. The fraction of sp³-hybridized carbons (Fsp3) is 0.419. The van der Waals surface area contributed by atoms with Gasteiger partial charge in [0.1, 0.15) is 23.6 Å². The molecule has 2 bridgehead atoms. The number of aromatic nitrogens is 5. The number of hydrogen-bond acceptors (Lipinski definition) is 7. The number of hydrogen-bond donors (Lipinski definition) is 0. The second-order valence-electron chi connectivity index (χ2n) is 12.6. The Balaban J connectivity index is 1.30. The van der Waals surface area contributed by atoms with E-state index in [0.29, 0.717) is 17.3 Å². The van der Waals surface area contributed by atoms with Gasteiger partial charge >= 0.3 is 0 Å². The van der Waals surface area contributed by atoms with Gasteiger partial charge in [0.25, 0.3) is 0 Å². The van der Waals surface area contributed by atoms with E-state index < -0.39 is 31.3 Å². The second-order valence-corrected chi connectivity index (χ2v) is 15.8. The van der Waals surface area contributed by atoms with Crippen molar-refractivity contribution in [1.29, 1.82) is 0 Å². The smallest absolute Gasteiger partial charge is 0.246 e. The summed E-state index contributed by atoms with van der Waals surface area (Å²) in [4.78, 5) is 14.2. The van der Waals surface area contributed by atoms with Crippen LogP contribution in [0.25, 0.3) is 22.8 Å². The molecule has 2 fully saturated rings. The van der Waals surface area contributed by atoms with Crippen LogP contribution in [0.1, 0.15) is 81.9 Å². The van der Waals surface area contributed by atoms with E-state index in [0.717, 1.165) is 42.6 Å². The highest BCUT2D eigenvalue weighted by Crippen LogP contribution is 2.69. The molecule has 2 saturated carbocycles. The molecule has 0 N–H and O–H groups in total. The van der Waals surface area contributed by atoms with Crippen LogP contribution in [-0.4, -0.2) is 40.5 Å². The Morgan fingerprint density at radius 1 is 1.05 bits per heavy atom. The zero-order valence-corrected chi connectivity index (χ0v) is 24.3. The molecule has 1 aromatic carbocycles. The van der Waals surface area contributed by atoms with Gasteiger partial charge in [-0.2, -0.15) is 5.10 Å². The molecule has 0 amide bonds. The summed E-state index contributed by atoms with van der Waals surface area (Å²) in [5, 5.41) is 9.02. The highest BCUT2D eigenvalue weighted by molar-refractivity contribution is 8.01. The lowest BCUT2D eigenvalue weighted by molar-refractivity contribution is 0.242. The van der Waals surface area contributed by atoms with Crippen LogP contribution in [-0.2, 0) is 19.7 Å². The highest BCUT2D eigenvalue weighted by Gasteiger charge is 2.65. The standard InChI is InChI=1S/C31H31F2N5O2S/c1-29(2)19-11-12-31(29,27-18(19)13-22(37-38-27)26-20(32)7-6-8-21(26)33)24-15-34-14-23(35-24)28-36-25(16-40-28)30(3,4)41(5,39)17-9-10-17/h6-8,13-17,19H,5,9-12H2,1-4H3/t19-,31-,41?/m0/s1. The van der Waals surface area contributed by atoms with Gasteiger partial charge in [-0.15, -0.1) is 5.10 Å². The van der Waals surface area contributed by atoms with Crippen LogP contribution < -0.4 is 0 Å². The Morgan fingerprint density at radius 3 is 2.49 bits per heavy atom. The predicted octanol–water partition coefficient (Wildman–Crippen LogP) is 6.18. The lowest BCUT2D eigenvalue weighted by Gasteiger charge is -2.37. The van der Waals surface area contributed by atoms with Gasteiger partial charge in [-0.25, -0.2) is 18.7 Å². The van der Waals surface area contributed by atoms with Crippen LogP contribution in [0.2, 0.25) is 0 Å². The molecule has 0 aliphatic heterocycles. The summed E-state index contributed by atoms with van der Waals surface area (Å²) in [6.45, 7) is 8.16. The summed E-state index contributed by atoms with van der Waals surface area (Å²) in [7, 11) is -2.42. The average Bonchev–Trinajstić information content (AvgIpc) is 3.57. The van der Waals surface area contributed by atoms with Crippen molar-refractivity contribution in [1.82, 2.24) is 25.1 Å². The Labute approximate surface area is 237 Å². The van der Waals surface area contributed by atoms with Crippen molar-refractivity contribution >= 4 is 15.4 Å². The van der Waals surface area contributed by atoms with Gasteiger partial charge in [0.15, 0.2) is 0 Å². The normalized spacial score (nSPS) is 24.3. The number of nitrogens with zero attached hydrogens (tertiary/aromatic N) is 5. The third-order valence-corrected chi connectivity index (χ3v) is 13.4. The zero-order valence-electron chi connectivity index (χ0n) is 23.4. The van der Waals surface area contributed by atoms with E-state index in [9.17, 15) is 13.0 Å². The highest BCUT2D eigenvalue weighted by atomic mass is 32.2. The van der Waals surface area contributed by atoms with E-state index >= 15 is 0 Å². The fourth-order valence-electron chi connectivity index (χ4n) is 7.14. The van der Waals surface area contributed by atoms with Crippen molar-refractivity contribution in [3.8, 4) is 22.8 Å². The van der Waals surface area contributed by atoms with Gasteiger partial charge in [0.05, 0.1) is 44.7 Å². The van der Waals surface area contributed by atoms with Gasteiger partial charge in [-0.3, -0.25) is 9.19 Å². The topological polar surface area (TPSA) is 94.7 Å². The summed E-state index contributed by atoms with van der Waals surface area (Å²) in [6.07, 6.45) is 8.40. The summed E-state index contributed by atoms with van der Waals surface area (Å²) in [5.41, 5.74) is 2.57. The Morgan fingerprint density at radius 2 is 1.78 bits per heavy atom. The van der Waals surface area contributed by atoms with Gasteiger partial charge in [-0.05, 0) is 90.0 Å². The molecule has 3 aromatic heterocycles. The largest absolute Gasteiger partial charge is 0.443 e. The molecular weight excluding hydrogens is 544 g/mol. The number of fused-ring (bicyclic) bond motifs is 5. The van der Waals surface area contributed by atoms with Crippen LogP contribution in [0.4, 0.5) is 8.78 Å². The molecule has 212 valence electrons. The van der Waals surface area contributed by atoms with E-state index in [1.54, 1.807) is 24.7 Å². The minimum atomic E-state index is -2.42. The maximum absolute atomic E-state index is 14.6. The summed E-state index contributed by atoms with van der Waals surface area (Å²) in [6, 6.07) is 5.57. The summed E-state index contributed by atoms with van der Waals surface area (Å²) >= 11 is 0. The van der Waals surface area contributed by atoms with Crippen LogP contribution in [0, 0.1) is 17.0 Å². The Hall–Kier alpha value is -3.53. The maximum Gasteiger partial charge on any atom is 0.246 e. The number of benzene rings is 1. The number of rotatable bonds is 6. The molecule has 3 heterocycles. The van der Waals surface area contributed by atoms with Crippen molar-refractivity contribution in [3.05, 3.63) is 77.2 Å². The van der Waals surface area contributed by atoms with Gasteiger partial charge in [0, 0.05) is 11.4 Å². The molecule has 3 atom stereocenters. The minimum Gasteiger partial charge on any atom is -0.443 e. The number of halogens is 2. The van der Waals surface area contributed by atoms with Crippen molar-refractivity contribution in [3.63, 3.8) is 0 Å². The molecule has 0 spiro atoms. The third kappa shape index (κ3) is 3.49. The summed E-state index contributed by atoms with van der Waals surface area (Å²) < 4.78 is 47.8. The molecule has 41 heavy (non-hydrogen) atoms. The molecule has 0 saturated heterocycles. The van der Waals surface area contributed by atoms with Crippen LogP contribution in [0.5, 0.6) is 0 Å². The second kappa shape index (κ2) is 8.50. The number of oxazole rings is 1. The van der Waals surface area contributed by atoms with Crippen LogP contribution in [0.15, 0.2) is 47.3 Å². The first kappa shape index (κ1) is 26.4. The van der Waals surface area contributed by atoms with E-state index in [4.69, 9.17) is 14.4 Å². The lowest BCUT2D eigenvalue weighted by atomic mass is 9.66. The SMILES string of the molecule is C=S(=O)(C1CC1)C(C)(C)c1coc(-c2cncc([C@@]34CC[C@@H](c5cc(-c6c(F)cccc6F)nnc53)C4(C)C)n2)n1. The van der Waals surface area contributed by atoms with E-state index in [1.807, 2.05) is 13.8 Å². The molecule has 10 heteroatoms. The molecule has 0 radical (unpaired) electrons. The lowest BCUT2D eigenvalue weighted by Crippen LogP contribution is -2.38. The van der Waals surface area contributed by atoms with E-state index in [2.05, 4.69) is 34.9 Å². The van der Waals surface area contributed by atoms with Crippen molar-refractivity contribution in [2.24, 2.45) is 5.41 Å². The van der Waals surface area contributed by atoms with Gasteiger partial charge in [-0.1, -0.05) is 19.9 Å². The van der Waals surface area contributed by atoms with E-state index in [1.165, 1.54) is 18.2 Å². The van der Waals surface area contributed by atoms with Crippen molar-refractivity contribution in [2.45, 2.75) is 74.7 Å². The van der Waals surface area contributed by atoms with Crippen LogP contribution in [0.3, 0.4) is 0 Å². The first-order valence-electron chi connectivity index (χ1n) is 13.9. The first-order valence-corrected chi connectivity index (χ1v) is 15.7.